The van der Waals surface area contributed by atoms with Gasteiger partial charge in [-0.05, 0) is 38.0 Å². The van der Waals surface area contributed by atoms with Crippen molar-refractivity contribution in [1.82, 2.24) is 4.90 Å². The molecule has 3 amide bonds. The predicted octanol–water partition coefficient (Wildman–Crippen LogP) is 1.77. The van der Waals surface area contributed by atoms with E-state index in [0.29, 0.717) is 24.1 Å². The van der Waals surface area contributed by atoms with Gasteiger partial charge in [-0.2, -0.15) is 5.26 Å². The van der Waals surface area contributed by atoms with Crippen LogP contribution in [0.2, 0.25) is 0 Å². The largest absolute Gasteiger partial charge is 0.452 e. The molecule has 0 aromatic heterocycles. The summed E-state index contributed by atoms with van der Waals surface area (Å²) in [4.78, 5) is 50.2. The number of nitrogens with one attached hydrogen (secondary N) is 1. The zero-order valence-corrected chi connectivity index (χ0v) is 16.0. The molecular weight excluding hydrogens is 374 g/mol. The summed E-state index contributed by atoms with van der Waals surface area (Å²) in [6.07, 6.45) is 3.64. The van der Waals surface area contributed by atoms with Gasteiger partial charge in [-0.1, -0.05) is 18.2 Å². The summed E-state index contributed by atoms with van der Waals surface area (Å²) >= 11 is 0. The summed E-state index contributed by atoms with van der Waals surface area (Å²) < 4.78 is 5.11. The highest BCUT2D eigenvalue weighted by Crippen LogP contribution is 2.35. The van der Waals surface area contributed by atoms with Crippen LogP contribution < -0.4 is 5.32 Å². The number of likely N-dealkylation sites (tertiary alicyclic amines) is 1. The summed E-state index contributed by atoms with van der Waals surface area (Å²) in [6, 6.07) is 8.32. The Morgan fingerprint density at radius 1 is 1.24 bits per heavy atom. The van der Waals surface area contributed by atoms with Crippen LogP contribution in [-0.4, -0.2) is 41.2 Å². The first-order valence-electron chi connectivity index (χ1n) is 9.41. The molecule has 0 spiro atoms. The monoisotopic (exact) mass is 395 g/mol. The maximum absolute atomic E-state index is 12.4. The van der Waals surface area contributed by atoms with Crippen LogP contribution in [0.15, 0.2) is 36.4 Å². The van der Waals surface area contributed by atoms with E-state index in [4.69, 9.17) is 10.00 Å². The number of hydrogen-bond acceptors (Lipinski definition) is 6. The van der Waals surface area contributed by atoms with E-state index in [2.05, 4.69) is 5.32 Å². The molecule has 8 heteroatoms. The van der Waals surface area contributed by atoms with Gasteiger partial charge in [0.2, 0.25) is 11.8 Å². The molecule has 3 rings (SSSR count). The van der Waals surface area contributed by atoms with Crippen molar-refractivity contribution in [3.63, 3.8) is 0 Å². The normalized spacial score (nSPS) is 21.3. The van der Waals surface area contributed by atoms with Crippen LogP contribution in [0.5, 0.6) is 0 Å². The molecule has 1 aliphatic heterocycles. The summed E-state index contributed by atoms with van der Waals surface area (Å²) in [5.41, 5.74) is 0.810. The van der Waals surface area contributed by atoms with E-state index < -0.39 is 18.0 Å². The average molecular weight is 395 g/mol. The quantitative estimate of drug-likeness (QED) is 0.446. The number of ether oxygens (including phenoxy) is 1. The number of benzene rings is 1. The number of anilines is 1. The van der Waals surface area contributed by atoms with Gasteiger partial charge in [-0.25, -0.2) is 0 Å². The maximum atomic E-state index is 12.4. The molecule has 1 saturated heterocycles. The first kappa shape index (κ1) is 20.3. The molecule has 0 radical (unpaired) electrons. The molecule has 0 saturated carbocycles. The van der Waals surface area contributed by atoms with Gasteiger partial charge in [0.1, 0.15) is 0 Å². The fraction of sp³-hybridized carbons (Fsp3) is 0.381. The number of carbonyl (C=O) groups is 4. The maximum Gasteiger partial charge on any atom is 0.308 e. The van der Waals surface area contributed by atoms with Crippen LogP contribution in [0.4, 0.5) is 5.69 Å². The lowest BCUT2D eigenvalue weighted by Crippen LogP contribution is -2.35. The highest BCUT2D eigenvalue weighted by Gasteiger charge is 2.47. The molecule has 1 fully saturated rings. The summed E-state index contributed by atoms with van der Waals surface area (Å²) in [5.74, 6) is -2.39. The van der Waals surface area contributed by atoms with Gasteiger partial charge >= 0.3 is 5.97 Å². The van der Waals surface area contributed by atoms with Gasteiger partial charge < -0.3 is 10.1 Å². The van der Waals surface area contributed by atoms with Gasteiger partial charge in [-0.3, -0.25) is 24.1 Å². The van der Waals surface area contributed by atoms with E-state index in [0.717, 1.165) is 4.90 Å². The molecule has 0 unspecified atom stereocenters. The molecule has 1 heterocycles. The highest BCUT2D eigenvalue weighted by atomic mass is 16.5. The van der Waals surface area contributed by atoms with Gasteiger partial charge in [0, 0.05) is 12.2 Å². The minimum absolute atomic E-state index is 0.0535. The van der Waals surface area contributed by atoms with Gasteiger partial charge in [-0.15, -0.1) is 0 Å². The highest BCUT2D eigenvalue weighted by molar-refractivity contribution is 6.05. The number of hydrogen-bond donors (Lipinski definition) is 1. The topological polar surface area (TPSA) is 117 Å². The fourth-order valence-corrected chi connectivity index (χ4v) is 3.51. The minimum Gasteiger partial charge on any atom is -0.452 e. The number of fused-ring (bicyclic) bond motifs is 1. The van der Waals surface area contributed by atoms with Crippen molar-refractivity contribution in [3.8, 4) is 6.07 Å². The standard InChI is InChI=1S/C21H21N3O5/c1-13(19(26)23-15-6-4-5-14(11-15)12-22)29-18(25)9-10-24-20(27)16-7-2-3-8-17(16)21(24)28/h2-6,11,13,16-17H,7-10H2,1H3,(H,23,26)/t13-,16-,17-/m0/s1. The van der Waals surface area contributed by atoms with Crippen molar-refractivity contribution in [1.29, 1.82) is 5.26 Å². The molecule has 8 nitrogen and oxygen atoms in total. The molecule has 2 aliphatic rings. The molecule has 1 aromatic carbocycles. The number of imide groups is 1. The second-order valence-electron chi connectivity index (χ2n) is 7.05. The van der Waals surface area contributed by atoms with E-state index in [1.54, 1.807) is 18.2 Å². The number of esters is 1. The number of amides is 3. The van der Waals surface area contributed by atoms with Crippen molar-refractivity contribution in [3.05, 3.63) is 42.0 Å². The van der Waals surface area contributed by atoms with Gasteiger partial charge in [0.05, 0.1) is 29.9 Å². The second-order valence-corrected chi connectivity index (χ2v) is 7.05. The zero-order chi connectivity index (χ0) is 21.0. The van der Waals surface area contributed by atoms with Crippen molar-refractivity contribution in [2.24, 2.45) is 11.8 Å². The number of rotatable bonds is 6. The number of carbonyl (C=O) groups excluding carboxylic acids is 4. The van der Waals surface area contributed by atoms with E-state index in [1.165, 1.54) is 13.0 Å². The molecule has 1 aliphatic carbocycles. The first-order valence-corrected chi connectivity index (χ1v) is 9.41. The van der Waals surface area contributed by atoms with Crippen molar-refractivity contribution in [2.75, 3.05) is 11.9 Å². The van der Waals surface area contributed by atoms with Crippen LogP contribution in [0.25, 0.3) is 0 Å². The first-order chi connectivity index (χ1) is 13.9. The Labute approximate surface area is 168 Å². The van der Waals surface area contributed by atoms with Crippen LogP contribution in [0.1, 0.15) is 31.7 Å². The molecule has 3 atom stereocenters. The lowest BCUT2D eigenvalue weighted by molar-refractivity contribution is -0.154. The Morgan fingerprint density at radius 2 is 1.90 bits per heavy atom. The van der Waals surface area contributed by atoms with Crippen LogP contribution in [-0.2, 0) is 23.9 Å². The van der Waals surface area contributed by atoms with E-state index in [1.807, 2.05) is 18.2 Å². The Hall–Kier alpha value is -3.47. The molecule has 1 aromatic rings. The smallest absolute Gasteiger partial charge is 0.308 e. The molecule has 1 N–H and O–H groups in total. The van der Waals surface area contributed by atoms with E-state index >= 15 is 0 Å². The third kappa shape index (κ3) is 4.51. The van der Waals surface area contributed by atoms with Crippen LogP contribution in [0, 0.1) is 23.2 Å². The summed E-state index contributed by atoms with van der Waals surface area (Å²) in [6.45, 7) is 1.37. The molecular formula is C21H21N3O5. The van der Waals surface area contributed by atoms with Crippen molar-refractivity contribution < 1.29 is 23.9 Å². The Balaban J connectivity index is 1.49. The summed E-state index contributed by atoms with van der Waals surface area (Å²) in [7, 11) is 0. The SMILES string of the molecule is C[C@H](OC(=O)CCN1C(=O)[C@H]2CC=CC[C@@H]2C1=O)C(=O)Nc1cccc(C#N)c1. The Bertz CT molecular complexity index is 891. The lowest BCUT2D eigenvalue weighted by Gasteiger charge is -2.16. The number of nitriles is 1. The molecule has 29 heavy (non-hydrogen) atoms. The number of nitrogens with zero attached hydrogens (tertiary/aromatic N) is 2. The van der Waals surface area contributed by atoms with Gasteiger partial charge in [0.25, 0.3) is 5.91 Å². The van der Waals surface area contributed by atoms with Gasteiger partial charge in [0.15, 0.2) is 6.10 Å². The predicted molar refractivity (Wildman–Crippen MR) is 102 cm³/mol. The zero-order valence-electron chi connectivity index (χ0n) is 16.0. The molecule has 0 bridgehead atoms. The summed E-state index contributed by atoms with van der Waals surface area (Å²) in [5, 5.41) is 11.5. The fourth-order valence-electron chi connectivity index (χ4n) is 3.51. The minimum atomic E-state index is -1.06. The van der Waals surface area contributed by atoms with E-state index in [-0.39, 0.29) is 36.6 Å². The Morgan fingerprint density at radius 3 is 2.52 bits per heavy atom. The third-order valence-electron chi connectivity index (χ3n) is 5.08. The van der Waals surface area contributed by atoms with E-state index in [9.17, 15) is 19.2 Å². The average Bonchev–Trinajstić information content (AvgIpc) is 2.97. The molecule has 150 valence electrons. The third-order valence-corrected chi connectivity index (χ3v) is 5.08. The second kappa shape index (κ2) is 8.69. The van der Waals surface area contributed by atoms with Crippen LogP contribution >= 0.6 is 0 Å². The van der Waals surface area contributed by atoms with Crippen LogP contribution in [0.3, 0.4) is 0 Å². The lowest BCUT2D eigenvalue weighted by atomic mass is 9.85. The Kier molecular flexibility index (Phi) is 6.07. The van der Waals surface area contributed by atoms with Crippen molar-refractivity contribution in [2.45, 2.75) is 32.3 Å². The number of allylic oxidation sites excluding steroid dienone is 2. The van der Waals surface area contributed by atoms with Crippen molar-refractivity contribution >= 4 is 29.4 Å².